The summed E-state index contributed by atoms with van der Waals surface area (Å²) in [5, 5.41) is 14.8. The van der Waals surface area contributed by atoms with Crippen molar-refractivity contribution in [3.8, 4) is 22.7 Å². The van der Waals surface area contributed by atoms with Crippen LogP contribution in [0.5, 0.6) is 5.88 Å². The summed E-state index contributed by atoms with van der Waals surface area (Å²) in [6, 6.07) is 18.1. The highest BCUT2D eigenvalue weighted by Crippen LogP contribution is 2.34. The zero-order valence-electron chi connectivity index (χ0n) is 13.0. The lowest BCUT2D eigenvalue weighted by Gasteiger charge is -2.09. The fourth-order valence-electron chi connectivity index (χ4n) is 2.78. The van der Waals surface area contributed by atoms with Crippen molar-refractivity contribution >= 4 is 0 Å². The Morgan fingerprint density at radius 2 is 1.82 bits per heavy atom. The van der Waals surface area contributed by atoms with E-state index in [9.17, 15) is 5.11 Å². The minimum absolute atomic E-state index is 0.0937. The van der Waals surface area contributed by atoms with Gasteiger partial charge < -0.3 is 5.11 Å². The van der Waals surface area contributed by atoms with Crippen LogP contribution in [-0.4, -0.2) is 14.9 Å². The highest BCUT2D eigenvalue weighted by molar-refractivity contribution is 5.72. The molecule has 1 heterocycles. The number of aromatic nitrogens is 2. The Hall–Kier alpha value is -2.55. The van der Waals surface area contributed by atoms with Crippen molar-refractivity contribution in [3.63, 3.8) is 0 Å². The monoisotopic (exact) mass is 292 g/mol. The molecule has 3 aromatic rings. The summed E-state index contributed by atoms with van der Waals surface area (Å²) in [6.45, 7) is 4.20. The third kappa shape index (κ3) is 2.62. The Morgan fingerprint density at radius 3 is 2.50 bits per heavy atom. The summed E-state index contributed by atoms with van der Waals surface area (Å²) in [5.74, 6) is 0.0937. The van der Waals surface area contributed by atoms with Gasteiger partial charge in [0.25, 0.3) is 0 Å². The van der Waals surface area contributed by atoms with Gasteiger partial charge in [-0.05, 0) is 36.6 Å². The van der Waals surface area contributed by atoms with Gasteiger partial charge in [0.15, 0.2) is 0 Å². The van der Waals surface area contributed by atoms with Crippen LogP contribution in [0.4, 0.5) is 0 Å². The molecule has 3 heteroatoms. The lowest BCUT2D eigenvalue weighted by Crippen LogP contribution is -2.03. The summed E-state index contributed by atoms with van der Waals surface area (Å²) in [6.07, 6.45) is 1.86. The van der Waals surface area contributed by atoms with Crippen LogP contribution >= 0.6 is 0 Å². The van der Waals surface area contributed by atoms with E-state index in [1.54, 1.807) is 0 Å². The van der Waals surface area contributed by atoms with Crippen molar-refractivity contribution in [1.82, 2.24) is 9.78 Å². The van der Waals surface area contributed by atoms with E-state index >= 15 is 0 Å². The van der Waals surface area contributed by atoms with Gasteiger partial charge in [0, 0.05) is 0 Å². The minimum atomic E-state index is 0.0937. The van der Waals surface area contributed by atoms with E-state index < -0.39 is 0 Å². The fraction of sp³-hybridized carbons (Fsp3) is 0.211. The highest BCUT2D eigenvalue weighted by Gasteiger charge is 2.19. The van der Waals surface area contributed by atoms with Crippen molar-refractivity contribution in [2.45, 2.75) is 26.7 Å². The van der Waals surface area contributed by atoms with Crippen molar-refractivity contribution in [2.75, 3.05) is 0 Å². The maximum absolute atomic E-state index is 10.4. The molecule has 1 N–H and O–H groups in total. The summed E-state index contributed by atoms with van der Waals surface area (Å²) in [4.78, 5) is 0. The first-order valence-electron chi connectivity index (χ1n) is 7.64. The molecule has 0 saturated carbocycles. The predicted molar refractivity (Wildman–Crippen MR) is 89.4 cm³/mol. The second-order valence-electron chi connectivity index (χ2n) is 5.51. The molecule has 0 aliphatic heterocycles. The van der Waals surface area contributed by atoms with Gasteiger partial charge in [-0.25, -0.2) is 4.68 Å². The molecule has 0 aliphatic rings. The van der Waals surface area contributed by atoms with Crippen molar-refractivity contribution in [1.29, 1.82) is 0 Å². The molecule has 0 saturated heterocycles. The standard InChI is InChI=1S/C19H20N2O/c1-3-8-17-18(15-10-5-4-6-11-15)19(22)20-21(17)16-12-7-9-14(2)13-16/h4-7,9-13H,3,8H2,1-2H3,(H,20,22). The molecule has 0 spiro atoms. The molecule has 0 atom stereocenters. The quantitative estimate of drug-likeness (QED) is 0.768. The first-order valence-corrected chi connectivity index (χ1v) is 7.64. The normalized spacial score (nSPS) is 10.8. The van der Waals surface area contributed by atoms with Crippen LogP contribution in [0.1, 0.15) is 24.6 Å². The Labute approximate surface area is 130 Å². The topological polar surface area (TPSA) is 38.1 Å². The van der Waals surface area contributed by atoms with Crippen LogP contribution in [-0.2, 0) is 6.42 Å². The molecule has 2 aromatic carbocycles. The molecule has 3 rings (SSSR count). The minimum Gasteiger partial charge on any atom is -0.492 e. The Kier molecular flexibility index (Phi) is 3.96. The highest BCUT2D eigenvalue weighted by atomic mass is 16.3. The van der Waals surface area contributed by atoms with Gasteiger partial charge in [-0.1, -0.05) is 55.8 Å². The molecule has 1 aromatic heterocycles. The van der Waals surface area contributed by atoms with E-state index in [4.69, 9.17) is 0 Å². The summed E-state index contributed by atoms with van der Waals surface area (Å²) in [5.41, 5.74) is 5.06. The third-order valence-corrected chi connectivity index (χ3v) is 3.76. The van der Waals surface area contributed by atoms with E-state index in [0.717, 1.165) is 35.3 Å². The average Bonchev–Trinajstić information content (AvgIpc) is 2.85. The molecule has 0 amide bonds. The molecule has 0 aliphatic carbocycles. The zero-order valence-corrected chi connectivity index (χ0v) is 13.0. The van der Waals surface area contributed by atoms with E-state index in [0.29, 0.717) is 0 Å². The van der Waals surface area contributed by atoms with Crippen LogP contribution < -0.4 is 0 Å². The SMILES string of the molecule is CCCc1c(-c2ccccc2)c(O)nn1-c1cccc(C)c1. The number of hydrogen-bond acceptors (Lipinski definition) is 2. The average molecular weight is 292 g/mol. The van der Waals surface area contributed by atoms with Crippen molar-refractivity contribution in [3.05, 3.63) is 65.9 Å². The van der Waals surface area contributed by atoms with Gasteiger partial charge in [0.2, 0.25) is 5.88 Å². The smallest absolute Gasteiger partial charge is 0.239 e. The largest absolute Gasteiger partial charge is 0.492 e. The number of aromatic hydroxyl groups is 1. The van der Waals surface area contributed by atoms with Gasteiger partial charge in [-0.3, -0.25) is 0 Å². The van der Waals surface area contributed by atoms with Crippen LogP contribution in [0, 0.1) is 6.92 Å². The lowest BCUT2D eigenvalue weighted by molar-refractivity contribution is 0.449. The summed E-state index contributed by atoms with van der Waals surface area (Å²) >= 11 is 0. The molecular formula is C19H20N2O. The first kappa shape index (κ1) is 14.4. The second-order valence-corrected chi connectivity index (χ2v) is 5.51. The van der Waals surface area contributed by atoms with Gasteiger partial charge in [-0.15, -0.1) is 5.10 Å². The lowest BCUT2D eigenvalue weighted by atomic mass is 10.0. The van der Waals surface area contributed by atoms with E-state index in [2.05, 4.69) is 31.1 Å². The number of rotatable bonds is 4. The molecular weight excluding hydrogens is 272 g/mol. The predicted octanol–water partition coefficient (Wildman–Crippen LogP) is 4.51. The zero-order chi connectivity index (χ0) is 15.5. The van der Waals surface area contributed by atoms with Crippen LogP contribution in [0.15, 0.2) is 54.6 Å². The molecule has 0 unspecified atom stereocenters. The van der Waals surface area contributed by atoms with Crippen LogP contribution in [0.2, 0.25) is 0 Å². The molecule has 0 bridgehead atoms. The summed E-state index contributed by atoms with van der Waals surface area (Å²) < 4.78 is 1.87. The van der Waals surface area contributed by atoms with Gasteiger partial charge in [-0.2, -0.15) is 0 Å². The van der Waals surface area contributed by atoms with Crippen molar-refractivity contribution < 1.29 is 5.11 Å². The molecule has 3 nitrogen and oxygen atoms in total. The number of hydrogen-bond donors (Lipinski definition) is 1. The second kappa shape index (κ2) is 6.06. The molecule has 0 radical (unpaired) electrons. The van der Waals surface area contributed by atoms with Crippen LogP contribution in [0.25, 0.3) is 16.8 Å². The Balaban J connectivity index is 2.20. The molecule has 22 heavy (non-hydrogen) atoms. The Bertz CT molecular complexity index is 775. The number of aryl methyl sites for hydroxylation is 1. The molecule has 112 valence electrons. The van der Waals surface area contributed by atoms with E-state index in [1.807, 2.05) is 47.1 Å². The Morgan fingerprint density at radius 1 is 1.05 bits per heavy atom. The maximum atomic E-state index is 10.4. The van der Waals surface area contributed by atoms with E-state index in [-0.39, 0.29) is 5.88 Å². The van der Waals surface area contributed by atoms with E-state index in [1.165, 1.54) is 5.56 Å². The summed E-state index contributed by atoms with van der Waals surface area (Å²) in [7, 11) is 0. The maximum Gasteiger partial charge on any atom is 0.239 e. The third-order valence-electron chi connectivity index (χ3n) is 3.76. The van der Waals surface area contributed by atoms with Crippen molar-refractivity contribution in [2.24, 2.45) is 0 Å². The number of nitrogens with zero attached hydrogens (tertiary/aromatic N) is 2. The van der Waals surface area contributed by atoms with Gasteiger partial charge in [0.05, 0.1) is 16.9 Å². The van der Waals surface area contributed by atoms with Gasteiger partial charge >= 0.3 is 0 Å². The van der Waals surface area contributed by atoms with Crippen LogP contribution in [0.3, 0.4) is 0 Å². The molecule has 0 fully saturated rings. The fourth-order valence-corrected chi connectivity index (χ4v) is 2.78. The first-order chi connectivity index (χ1) is 10.7. The van der Waals surface area contributed by atoms with Gasteiger partial charge in [0.1, 0.15) is 0 Å². The number of benzene rings is 2.